The molecule has 2 bridgehead atoms. The number of aliphatic hydroxyl groups is 2. The van der Waals surface area contributed by atoms with Gasteiger partial charge < -0.3 is 30.3 Å². The summed E-state index contributed by atoms with van der Waals surface area (Å²) < 4.78 is 12.3. The van der Waals surface area contributed by atoms with Gasteiger partial charge in [-0.2, -0.15) is 0 Å². The maximum Gasteiger partial charge on any atom is 0.244 e. The van der Waals surface area contributed by atoms with Gasteiger partial charge in [0, 0.05) is 36.2 Å². The zero-order valence-electron chi connectivity index (χ0n) is 19.2. The molecule has 4 fully saturated rings. The third-order valence-corrected chi connectivity index (χ3v) is 8.66. The maximum atomic E-state index is 12.9. The molecule has 1 aromatic rings. The van der Waals surface area contributed by atoms with Crippen molar-refractivity contribution in [3.63, 3.8) is 0 Å². The number of anilines is 1. The second-order valence-electron chi connectivity index (χ2n) is 10.2. The zero-order chi connectivity index (χ0) is 22.9. The van der Waals surface area contributed by atoms with Crippen LogP contribution in [0.15, 0.2) is 12.1 Å². The summed E-state index contributed by atoms with van der Waals surface area (Å²) in [5, 5.41) is 26.5. The van der Waals surface area contributed by atoms with Crippen LogP contribution in [0, 0.1) is 5.92 Å². The van der Waals surface area contributed by atoms with Crippen LogP contribution in [-0.2, 0) is 16.0 Å². The summed E-state index contributed by atoms with van der Waals surface area (Å²) in [5.41, 5.74) is 2.94. The number of nitrogens with zero attached hydrogens (tertiary/aromatic N) is 2. The van der Waals surface area contributed by atoms with Crippen LogP contribution in [0.1, 0.15) is 36.4 Å². The number of piperazine rings is 1. The first kappa shape index (κ1) is 21.8. The molecule has 5 heterocycles. The minimum atomic E-state index is -0.688. The third-order valence-electron chi connectivity index (χ3n) is 8.66. The van der Waals surface area contributed by atoms with Gasteiger partial charge in [-0.1, -0.05) is 6.07 Å². The molecule has 0 radical (unpaired) electrons. The Morgan fingerprint density at radius 2 is 2.21 bits per heavy atom. The number of hydrogen-bond acceptors (Lipinski definition) is 8. The molecule has 180 valence electrons. The van der Waals surface area contributed by atoms with Gasteiger partial charge in [-0.05, 0) is 50.9 Å². The van der Waals surface area contributed by atoms with Crippen molar-refractivity contribution in [2.24, 2.45) is 5.92 Å². The fraction of sp³-hybridized carbons (Fsp3) is 0.708. The molecule has 0 unspecified atom stereocenters. The number of carbonyl (C=O) groups is 1. The van der Waals surface area contributed by atoms with Gasteiger partial charge in [0.15, 0.2) is 0 Å². The summed E-state index contributed by atoms with van der Waals surface area (Å²) in [6, 6.07) is 4.32. The van der Waals surface area contributed by atoms with Crippen molar-refractivity contribution in [1.29, 1.82) is 0 Å². The Hall–Kier alpha value is -1.75. The van der Waals surface area contributed by atoms with Crippen LogP contribution in [0.2, 0.25) is 0 Å². The quantitative estimate of drug-likeness (QED) is 0.502. The molecule has 4 N–H and O–H groups in total. The molecule has 4 saturated heterocycles. The molecule has 33 heavy (non-hydrogen) atoms. The fourth-order valence-electron chi connectivity index (χ4n) is 7.24. The van der Waals surface area contributed by atoms with Gasteiger partial charge in [-0.15, -0.1) is 0 Å². The predicted molar refractivity (Wildman–Crippen MR) is 121 cm³/mol. The van der Waals surface area contributed by atoms with E-state index in [1.54, 1.807) is 7.11 Å². The molecule has 0 aliphatic carbocycles. The van der Waals surface area contributed by atoms with E-state index in [0.29, 0.717) is 30.5 Å². The molecular formula is C24H34N4O5. The van der Waals surface area contributed by atoms with E-state index in [2.05, 4.69) is 33.5 Å². The van der Waals surface area contributed by atoms with Crippen molar-refractivity contribution in [3.05, 3.63) is 23.3 Å². The molecule has 0 spiro atoms. The van der Waals surface area contributed by atoms with Crippen molar-refractivity contribution in [2.75, 3.05) is 39.2 Å². The number of benzene rings is 1. The smallest absolute Gasteiger partial charge is 0.244 e. The van der Waals surface area contributed by atoms with Gasteiger partial charge in [0.05, 0.1) is 31.5 Å². The molecular weight excluding hydrogens is 424 g/mol. The molecule has 8 atom stereocenters. The topological polar surface area (TPSA) is 107 Å². The number of rotatable bonds is 4. The average Bonchev–Trinajstić information content (AvgIpc) is 3.36. The van der Waals surface area contributed by atoms with Crippen molar-refractivity contribution in [1.82, 2.24) is 15.1 Å². The molecule has 5 aliphatic rings. The number of aliphatic hydroxyl groups excluding tert-OH is 2. The van der Waals surface area contributed by atoms with Crippen molar-refractivity contribution in [3.8, 4) is 5.75 Å². The second kappa shape index (κ2) is 8.18. The van der Waals surface area contributed by atoms with Gasteiger partial charge in [0.1, 0.15) is 18.0 Å². The molecule has 6 rings (SSSR count). The summed E-state index contributed by atoms with van der Waals surface area (Å²) in [5.74, 6) is 0.707. The summed E-state index contributed by atoms with van der Waals surface area (Å²) >= 11 is 0. The van der Waals surface area contributed by atoms with E-state index in [0.717, 1.165) is 31.4 Å². The van der Waals surface area contributed by atoms with E-state index in [1.165, 1.54) is 5.56 Å². The van der Waals surface area contributed by atoms with E-state index < -0.39 is 12.1 Å². The zero-order valence-corrected chi connectivity index (χ0v) is 19.2. The van der Waals surface area contributed by atoms with Crippen LogP contribution in [-0.4, -0.2) is 96.3 Å². The second-order valence-corrected chi connectivity index (χ2v) is 10.2. The molecule has 1 amide bonds. The highest BCUT2D eigenvalue weighted by Gasteiger charge is 2.60. The molecule has 0 saturated carbocycles. The molecule has 9 heteroatoms. The lowest BCUT2D eigenvalue weighted by Gasteiger charge is -2.51. The lowest BCUT2D eigenvalue weighted by atomic mass is 9.81. The van der Waals surface area contributed by atoms with E-state index in [9.17, 15) is 15.0 Å². The summed E-state index contributed by atoms with van der Waals surface area (Å²) in [6.07, 6.45) is 2.62. The average molecular weight is 459 g/mol. The van der Waals surface area contributed by atoms with Crippen LogP contribution in [0.25, 0.3) is 0 Å². The first-order valence-corrected chi connectivity index (χ1v) is 12.2. The summed E-state index contributed by atoms with van der Waals surface area (Å²) in [7, 11) is 3.81. The Bertz CT molecular complexity index is 944. The monoisotopic (exact) mass is 458 g/mol. The number of ether oxygens (including phenoxy) is 2. The van der Waals surface area contributed by atoms with Crippen LogP contribution >= 0.6 is 0 Å². The Morgan fingerprint density at radius 3 is 2.97 bits per heavy atom. The first-order valence-electron chi connectivity index (χ1n) is 12.2. The minimum absolute atomic E-state index is 0.00971. The van der Waals surface area contributed by atoms with E-state index in [1.807, 2.05) is 6.07 Å². The number of hydrogen-bond donors (Lipinski definition) is 4. The van der Waals surface area contributed by atoms with Crippen molar-refractivity contribution >= 4 is 11.6 Å². The fourth-order valence-corrected chi connectivity index (χ4v) is 7.24. The predicted octanol–water partition coefficient (Wildman–Crippen LogP) is 0.0655. The maximum absolute atomic E-state index is 12.9. The number of nitrogens with one attached hydrogen (secondary N) is 2. The summed E-state index contributed by atoms with van der Waals surface area (Å²) in [4.78, 5) is 17.9. The highest BCUT2D eigenvalue weighted by Crippen LogP contribution is 2.53. The number of methoxy groups -OCH3 is 1. The van der Waals surface area contributed by atoms with E-state index in [-0.39, 0.29) is 42.8 Å². The van der Waals surface area contributed by atoms with Gasteiger partial charge in [-0.3, -0.25) is 14.6 Å². The van der Waals surface area contributed by atoms with E-state index in [4.69, 9.17) is 9.47 Å². The molecule has 5 aliphatic heterocycles. The number of piperidine rings is 1. The van der Waals surface area contributed by atoms with Crippen LogP contribution in [0.5, 0.6) is 5.75 Å². The number of fused-ring (bicyclic) bond motifs is 6. The Balaban J connectivity index is 1.34. The largest absolute Gasteiger partial charge is 0.494 e. The lowest BCUT2D eigenvalue weighted by Crippen LogP contribution is -2.64. The molecule has 9 nitrogen and oxygen atoms in total. The normalized spacial score (nSPS) is 39.8. The minimum Gasteiger partial charge on any atom is -0.494 e. The highest BCUT2D eigenvalue weighted by atomic mass is 16.5. The summed E-state index contributed by atoms with van der Waals surface area (Å²) in [6.45, 7) is 1.51. The SMILES string of the molecule is COc1c(NC(=O)[C@H]2NCCC[C@H]2O)ccc2c1[C@H]1CO[C@H]3[C@H]4C[C@H](CO)[C@@H]([C@H](C2)N13)N4C. The van der Waals surface area contributed by atoms with E-state index >= 15 is 0 Å². The van der Waals surface area contributed by atoms with Crippen molar-refractivity contribution < 1.29 is 24.5 Å². The number of carbonyl (C=O) groups excluding carboxylic acids is 1. The van der Waals surface area contributed by atoms with Crippen LogP contribution in [0.3, 0.4) is 0 Å². The Kier molecular flexibility index (Phi) is 5.39. The number of amides is 1. The lowest BCUT2D eigenvalue weighted by molar-refractivity contribution is -0.121. The molecule has 1 aromatic carbocycles. The molecule has 0 aromatic heterocycles. The van der Waals surface area contributed by atoms with Gasteiger partial charge in [-0.25, -0.2) is 0 Å². The van der Waals surface area contributed by atoms with Gasteiger partial charge in [0.25, 0.3) is 0 Å². The highest BCUT2D eigenvalue weighted by molar-refractivity contribution is 5.97. The van der Waals surface area contributed by atoms with Gasteiger partial charge >= 0.3 is 0 Å². The van der Waals surface area contributed by atoms with Crippen LogP contribution in [0.4, 0.5) is 5.69 Å². The van der Waals surface area contributed by atoms with Crippen molar-refractivity contribution in [2.45, 2.75) is 68.2 Å². The standard InChI is InChI=1S/C24H34N4O5/c1-27-16-9-13(10-29)21(27)15-8-12-5-6-14(26-23(31)20-18(30)4-3-7-25-20)22(32-2)19(12)17-11-33-24(16)28(15)17/h5-6,13,15-18,20-21,24-25,29-30H,3-4,7-11H2,1-2H3,(H,26,31)/t13-,15+,16-,17-,18-,20+,21+,24+/m1/s1. The first-order chi connectivity index (χ1) is 16.0. The van der Waals surface area contributed by atoms with Crippen LogP contribution < -0.4 is 15.4 Å². The Morgan fingerprint density at radius 1 is 1.36 bits per heavy atom. The number of likely N-dealkylation sites (N-methyl/N-ethyl adjacent to an activating group) is 1. The van der Waals surface area contributed by atoms with Gasteiger partial charge in [0.2, 0.25) is 5.91 Å². The Labute approximate surface area is 194 Å². The third kappa shape index (κ3) is 3.17.